The molecule has 3 aliphatic rings. The van der Waals surface area contributed by atoms with E-state index in [1.54, 1.807) is 0 Å². The van der Waals surface area contributed by atoms with Crippen molar-refractivity contribution in [1.82, 2.24) is 15.5 Å². The molecule has 0 aromatic heterocycles. The lowest BCUT2D eigenvalue weighted by atomic mass is 9.74. The van der Waals surface area contributed by atoms with Gasteiger partial charge in [-0.25, -0.2) is 0 Å². The molecule has 1 saturated carbocycles. The molecule has 6 nitrogen and oxygen atoms in total. The smallest absolute Gasteiger partial charge is 0.225 e. The van der Waals surface area contributed by atoms with Gasteiger partial charge in [-0.3, -0.25) is 14.5 Å². The Bertz CT molecular complexity index is 613. The molecule has 7 unspecified atom stereocenters. The van der Waals surface area contributed by atoms with Gasteiger partial charge in [-0.15, -0.1) is 11.6 Å². The van der Waals surface area contributed by atoms with E-state index in [0.717, 1.165) is 51.9 Å². The molecule has 2 N–H and O–H groups in total. The fourth-order valence-electron chi connectivity index (χ4n) is 6.03. The summed E-state index contributed by atoms with van der Waals surface area (Å²) in [6.45, 7) is 11.7. The number of alkyl halides is 1. The first-order valence-corrected chi connectivity index (χ1v) is 12.8. The van der Waals surface area contributed by atoms with E-state index in [1.165, 1.54) is 0 Å². The van der Waals surface area contributed by atoms with Gasteiger partial charge in [0, 0.05) is 49.2 Å². The molecule has 0 aromatic carbocycles. The molecule has 3 rings (SSSR count). The average molecular weight is 456 g/mol. The molecule has 0 aromatic rings. The Balaban J connectivity index is 1.64. The van der Waals surface area contributed by atoms with Crippen LogP contribution in [0, 0.1) is 23.7 Å². The molecular formula is C24H42ClN3O3. The molecule has 1 aliphatic carbocycles. The third kappa shape index (κ3) is 6.14. The number of carbonyl (C=O) groups excluding carboxylic acids is 2. The summed E-state index contributed by atoms with van der Waals surface area (Å²) in [6, 6.07) is 1.04. The minimum atomic E-state index is -0.152. The van der Waals surface area contributed by atoms with E-state index in [9.17, 15) is 9.59 Å². The molecular weight excluding hydrogens is 414 g/mol. The van der Waals surface area contributed by atoms with Crippen LogP contribution in [-0.2, 0) is 14.3 Å². The summed E-state index contributed by atoms with van der Waals surface area (Å²) in [7, 11) is 0. The van der Waals surface area contributed by atoms with E-state index in [-0.39, 0.29) is 46.9 Å². The number of rotatable bonds is 7. The van der Waals surface area contributed by atoms with Crippen LogP contribution in [-0.4, -0.2) is 66.5 Å². The van der Waals surface area contributed by atoms with E-state index >= 15 is 0 Å². The van der Waals surface area contributed by atoms with E-state index in [1.807, 2.05) is 6.92 Å². The second-order valence-corrected chi connectivity index (χ2v) is 10.8. The first-order valence-electron chi connectivity index (χ1n) is 12.4. The van der Waals surface area contributed by atoms with Crippen LogP contribution in [0.5, 0.6) is 0 Å². The quantitative estimate of drug-likeness (QED) is 0.578. The van der Waals surface area contributed by atoms with Gasteiger partial charge in [0.15, 0.2) is 0 Å². The van der Waals surface area contributed by atoms with Crippen LogP contribution in [0.4, 0.5) is 0 Å². The minimum absolute atomic E-state index is 0.00824. The van der Waals surface area contributed by atoms with Gasteiger partial charge in [0.1, 0.15) is 0 Å². The van der Waals surface area contributed by atoms with Crippen molar-refractivity contribution in [3.8, 4) is 0 Å². The van der Waals surface area contributed by atoms with Crippen molar-refractivity contribution in [2.24, 2.45) is 23.7 Å². The Hall–Kier alpha value is -0.850. The Morgan fingerprint density at radius 1 is 1.19 bits per heavy atom. The second kappa shape index (κ2) is 11.3. The van der Waals surface area contributed by atoms with Crippen molar-refractivity contribution >= 4 is 23.4 Å². The third-order valence-electron chi connectivity index (χ3n) is 7.79. The fourth-order valence-corrected chi connectivity index (χ4v) is 6.41. The van der Waals surface area contributed by atoms with E-state index in [2.05, 4.69) is 36.3 Å². The van der Waals surface area contributed by atoms with Gasteiger partial charge < -0.3 is 15.4 Å². The molecule has 0 radical (unpaired) electrons. The Labute approximate surface area is 193 Å². The Morgan fingerprint density at radius 2 is 1.90 bits per heavy atom. The van der Waals surface area contributed by atoms with Gasteiger partial charge in [-0.1, -0.05) is 20.8 Å². The van der Waals surface area contributed by atoms with E-state index in [4.69, 9.17) is 16.3 Å². The maximum absolute atomic E-state index is 13.2. The van der Waals surface area contributed by atoms with Crippen LogP contribution >= 0.6 is 11.6 Å². The zero-order valence-electron chi connectivity index (χ0n) is 19.7. The summed E-state index contributed by atoms with van der Waals surface area (Å²) < 4.78 is 5.59. The molecule has 7 atom stereocenters. The van der Waals surface area contributed by atoms with Crippen molar-refractivity contribution in [3.05, 3.63) is 0 Å². The highest BCUT2D eigenvalue weighted by Gasteiger charge is 2.43. The SMILES string of the molecule is CCCN(C1CCOCC1)C1CC(Cl)CC(C(=O)NCC2C(=O)NC(C)CC2C)C1C. The molecule has 31 heavy (non-hydrogen) atoms. The summed E-state index contributed by atoms with van der Waals surface area (Å²) in [5, 5.41) is 6.15. The summed E-state index contributed by atoms with van der Waals surface area (Å²) in [6.07, 6.45) is 5.80. The molecule has 2 saturated heterocycles. The fraction of sp³-hybridized carbons (Fsp3) is 0.917. The summed E-state index contributed by atoms with van der Waals surface area (Å²) in [4.78, 5) is 28.3. The van der Waals surface area contributed by atoms with Crippen LogP contribution in [0.1, 0.15) is 66.2 Å². The third-order valence-corrected chi connectivity index (χ3v) is 8.14. The van der Waals surface area contributed by atoms with Gasteiger partial charge in [-0.05, 0) is 63.8 Å². The predicted octanol–water partition coefficient (Wildman–Crippen LogP) is 3.18. The van der Waals surface area contributed by atoms with Crippen LogP contribution in [0.3, 0.4) is 0 Å². The number of ether oxygens (including phenoxy) is 1. The normalized spacial score (nSPS) is 37.5. The summed E-state index contributed by atoms with van der Waals surface area (Å²) in [5.41, 5.74) is 0. The molecule has 0 bridgehead atoms. The molecule has 2 amide bonds. The largest absolute Gasteiger partial charge is 0.381 e. The highest BCUT2D eigenvalue weighted by molar-refractivity contribution is 6.20. The van der Waals surface area contributed by atoms with Crippen LogP contribution in [0.25, 0.3) is 0 Å². The summed E-state index contributed by atoms with van der Waals surface area (Å²) >= 11 is 6.71. The van der Waals surface area contributed by atoms with Crippen molar-refractivity contribution in [2.75, 3.05) is 26.3 Å². The first kappa shape index (κ1) is 24.8. The maximum Gasteiger partial charge on any atom is 0.225 e. The number of halogens is 1. The van der Waals surface area contributed by atoms with Gasteiger partial charge in [0.25, 0.3) is 0 Å². The van der Waals surface area contributed by atoms with Crippen molar-refractivity contribution in [2.45, 2.75) is 89.7 Å². The standard InChI is InChI=1S/C24H42ClN3O3/c1-5-8-28(19-6-9-31-10-7-19)22-13-18(25)12-20(17(22)4)23(29)26-14-21-15(2)11-16(3)27-24(21)30/h15-22H,5-14H2,1-4H3,(H,26,29)(H,27,30). The zero-order valence-corrected chi connectivity index (χ0v) is 20.5. The summed E-state index contributed by atoms with van der Waals surface area (Å²) in [5.74, 6) is 0.369. The predicted molar refractivity (Wildman–Crippen MR) is 124 cm³/mol. The number of amides is 2. The van der Waals surface area contributed by atoms with Gasteiger partial charge in [0.05, 0.1) is 5.92 Å². The number of hydrogen-bond donors (Lipinski definition) is 2. The number of hydrogen-bond acceptors (Lipinski definition) is 4. The lowest BCUT2D eigenvalue weighted by molar-refractivity contribution is -0.132. The molecule has 2 aliphatic heterocycles. The topological polar surface area (TPSA) is 70.7 Å². The van der Waals surface area contributed by atoms with Crippen LogP contribution in [0.15, 0.2) is 0 Å². The lowest BCUT2D eigenvalue weighted by Gasteiger charge is -2.47. The number of piperidine rings is 1. The molecule has 0 spiro atoms. The molecule has 7 heteroatoms. The second-order valence-electron chi connectivity index (χ2n) is 10.2. The van der Waals surface area contributed by atoms with Crippen molar-refractivity contribution in [3.63, 3.8) is 0 Å². The number of nitrogens with zero attached hydrogens (tertiary/aromatic N) is 1. The van der Waals surface area contributed by atoms with E-state index < -0.39 is 0 Å². The number of nitrogens with one attached hydrogen (secondary N) is 2. The zero-order chi connectivity index (χ0) is 22.5. The van der Waals surface area contributed by atoms with E-state index in [0.29, 0.717) is 25.0 Å². The highest BCUT2D eigenvalue weighted by atomic mass is 35.5. The van der Waals surface area contributed by atoms with Crippen LogP contribution < -0.4 is 10.6 Å². The average Bonchev–Trinajstić information content (AvgIpc) is 2.73. The van der Waals surface area contributed by atoms with Crippen LogP contribution in [0.2, 0.25) is 0 Å². The van der Waals surface area contributed by atoms with Gasteiger partial charge in [0.2, 0.25) is 11.8 Å². The highest BCUT2D eigenvalue weighted by Crippen LogP contribution is 2.38. The van der Waals surface area contributed by atoms with Gasteiger partial charge >= 0.3 is 0 Å². The minimum Gasteiger partial charge on any atom is -0.381 e. The maximum atomic E-state index is 13.2. The first-order chi connectivity index (χ1) is 14.8. The lowest BCUT2D eigenvalue weighted by Crippen LogP contribution is -2.56. The molecule has 3 fully saturated rings. The molecule has 2 heterocycles. The van der Waals surface area contributed by atoms with Crippen molar-refractivity contribution < 1.29 is 14.3 Å². The Kier molecular flexibility index (Phi) is 9.06. The monoisotopic (exact) mass is 455 g/mol. The van der Waals surface area contributed by atoms with Gasteiger partial charge in [-0.2, -0.15) is 0 Å². The number of carbonyl (C=O) groups is 2. The van der Waals surface area contributed by atoms with Crippen molar-refractivity contribution in [1.29, 1.82) is 0 Å². The Morgan fingerprint density at radius 3 is 2.55 bits per heavy atom. The molecule has 178 valence electrons.